The lowest BCUT2D eigenvalue weighted by atomic mass is 10.2. The van der Waals surface area contributed by atoms with Gasteiger partial charge < -0.3 is 15.2 Å². The van der Waals surface area contributed by atoms with Crippen molar-refractivity contribution in [1.29, 1.82) is 0 Å². The van der Waals surface area contributed by atoms with Crippen LogP contribution in [0.2, 0.25) is 5.02 Å². The van der Waals surface area contributed by atoms with Crippen LogP contribution in [-0.2, 0) is 6.54 Å². The fourth-order valence-corrected chi connectivity index (χ4v) is 2.01. The molecule has 0 aliphatic rings. The Labute approximate surface area is 131 Å². The second-order valence-corrected chi connectivity index (χ2v) is 4.97. The zero-order valence-electron chi connectivity index (χ0n) is 11.7. The number of nitrogens with one attached hydrogen (secondary N) is 2. The summed E-state index contributed by atoms with van der Waals surface area (Å²) >= 11 is 6.10. The molecule has 0 bridgehead atoms. The Morgan fingerprint density at radius 3 is 2.86 bits per heavy atom. The summed E-state index contributed by atoms with van der Waals surface area (Å²) in [4.78, 5) is 4.30. The second kappa shape index (κ2) is 6.40. The fourth-order valence-electron chi connectivity index (χ4n) is 1.81. The van der Waals surface area contributed by atoms with Gasteiger partial charge in [0.25, 0.3) is 0 Å². The minimum absolute atomic E-state index is 0.394. The van der Waals surface area contributed by atoms with E-state index in [1.807, 2.05) is 31.2 Å². The largest absolute Gasteiger partial charge is 0.360 e. The standard InChI is InChI=1S/C14H13ClN6O/c1-9-6-12(21-22-9)18-13-8-17-20-14(19-13)16-7-10-4-2-3-5-11(10)15/h2-6,8H,7H2,1H3,(H2,16,18,19,20,21). The van der Waals surface area contributed by atoms with Gasteiger partial charge in [-0.15, -0.1) is 5.10 Å². The van der Waals surface area contributed by atoms with Crippen LogP contribution in [0.4, 0.5) is 17.6 Å². The minimum atomic E-state index is 0.394. The normalized spacial score (nSPS) is 10.5. The molecule has 0 aliphatic heterocycles. The zero-order valence-corrected chi connectivity index (χ0v) is 12.5. The Balaban J connectivity index is 1.67. The summed E-state index contributed by atoms with van der Waals surface area (Å²) in [5.41, 5.74) is 0.957. The zero-order chi connectivity index (χ0) is 15.4. The SMILES string of the molecule is Cc1cc(Nc2cnnc(NCc3ccccc3Cl)n2)no1. The maximum absolute atomic E-state index is 6.10. The lowest BCUT2D eigenvalue weighted by molar-refractivity contribution is 0.400. The second-order valence-electron chi connectivity index (χ2n) is 4.56. The van der Waals surface area contributed by atoms with Crippen molar-refractivity contribution in [2.45, 2.75) is 13.5 Å². The lowest BCUT2D eigenvalue weighted by Crippen LogP contribution is -2.06. The molecule has 0 fully saturated rings. The Hall–Kier alpha value is -2.67. The third-order valence-electron chi connectivity index (χ3n) is 2.84. The van der Waals surface area contributed by atoms with Crippen molar-refractivity contribution >= 4 is 29.2 Å². The Morgan fingerprint density at radius 2 is 2.09 bits per heavy atom. The molecule has 0 atom stereocenters. The maximum atomic E-state index is 6.10. The van der Waals surface area contributed by atoms with Gasteiger partial charge in [-0.2, -0.15) is 10.1 Å². The molecule has 0 saturated carbocycles. The van der Waals surface area contributed by atoms with Crippen LogP contribution < -0.4 is 10.6 Å². The van der Waals surface area contributed by atoms with Gasteiger partial charge in [0, 0.05) is 17.6 Å². The molecule has 0 amide bonds. The average Bonchev–Trinajstić information content (AvgIpc) is 2.92. The fraction of sp³-hybridized carbons (Fsp3) is 0.143. The first kappa shape index (κ1) is 14.3. The van der Waals surface area contributed by atoms with E-state index < -0.39 is 0 Å². The lowest BCUT2D eigenvalue weighted by Gasteiger charge is -2.07. The molecular weight excluding hydrogens is 304 g/mol. The summed E-state index contributed by atoms with van der Waals surface area (Å²) in [5, 5.41) is 18.4. The summed E-state index contributed by atoms with van der Waals surface area (Å²) in [5.74, 6) is 2.19. The first-order valence-electron chi connectivity index (χ1n) is 6.58. The van der Waals surface area contributed by atoms with Crippen molar-refractivity contribution in [3.05, 3.63) is 52.9 Å². The van der Waals surface area contributed by atoms with E-state index in [4.69, 9.17) is 16.1 Å². The quantitative estimate of drug-likeness (QED) is 0.747. The molecule has 112 valence electrons. The van der Waals surface area contributed by atoms with Crippen LogP contribution in [-0.4, -0.2) is 20.3 Å². The van der Waals surface area contributed by atoms with Crippen molar-refractivity contribution in [3.8, 4) is 0 Å². The van der Waals surface area contributed by atoms with Crippen LogP contribution in [0.1, 0.15) is 11.3 Å². The van der Waals surface area contributed by atoms with Crippen molar-refractivity contribution < 1.29 is 4.52 Å². The van der Waals surface area contributed by atoms with Crippen LogP contribution in [0.15, 0.2) is 41.1 Å². The first-order chi connectivity index (χ1) is 10.7. The molecular formula is C14H13ClN6O. The molecule has 0 radical (unpaired) electrons. The van der Waals surface area contributed by atoms with E-state index in [1.165, 1.54) is 6.20 Å². The van der Waals surface area contributed by atoms with E-state index in [-0.39, 0.29) is 0 Å². The third-order valence-corrected chi connectivity index (χ3v) is 3.21. The third kappa shape index (κ3) is 3.50. The summed E-state index contributed by atoms with van der Waals surface area (Å²) < 4.78 is 4.98. The predicted molar refractivity (Wildman–Crippen MR) is 83.1 cm³/mol. The van der Waals surface area contributed by atoms with E-state index in [0.717, 1.165) is 5.56 Å². The van der Waals surface area contributed by atoms with Crippen molar-refractivity contribution in [2.75, 3.05) is 10.6 Å². The number of hydrogen-bond donors (Lipinski definition) is 2. The highest BCUT2D eigenvalue weighted by atomic mass is 35.5. The highest BCUT2D eigenvalue weighted by Crippen LogP contribution is 2.17. The molecule has 0 aliphatic carbocycles. The molecule has 0 spiro atoms. The Kier molecular flexibility index (Phi) is 4.15. The minimum Gasteiger partial charge on any atom is -0.360 e. The van der Waals surface area contributed by atoms with Gasteiger partial charge in [-0.05, 0) is 18.6 Å². The highest BCUT2D eigenvalue weighted by Gasteiger charge is 2.05. The number of halogens is 1. The van der Waals surface area contributed by atoms with Gasteiger partial charge in [0.15, 0.2) is 11.6 Å². The monoisotopic (exact) mass is 316 g/mol. The number of hydrogen-bond acceptors (Lipinski definition) is 7. The van der Waals surface area contributed by atoms with Gasteiger partial charge in [-0.3, -0.25) is 0 Å². The van der Waals surface area contributed by atoms with Crippen molar-refractivity contribution in [2.24, 2.45) is 0 Å². The van der Waals surface area contributed by atoms with Crippen LogP contribution in [0.3, 0.4) is 0 Å². The smallest absolute Gasteiger partial charge is 0.244 e. The molecule has 1 aromatic carbocycles. The van der Waals surface area contributed by atoms with Crippen LogP contribution in [0.25, 0.3) is 0 Å². The first-order valence-corrected chi connectivity index (χ1v) is 6.96. The topological polar surface area (TPSA) is 88.8 Å². The van der Waals surface area contributed by atoms with Gasteiger partial charge in [0.05, 0.1) is 6.20 Å². The molecule has 7 nitrogen and oxygen atoms in total. The molecule has 2 N–H and O–H groups in total. The molecule has 0 unspecified atom stereocenters. The number of nitrogens with zero attached hydrogens (tertiary/aromatic N) is 4. The molecule has 2 heterocycles. The van der Waals surface area contributed by atoms with E-state index in [2.05, 4.69) is 31.0 Å². The summed E-state index contributed by atoms with van der Waals surface area (Å²) in [6.45, 7) is 2.32. The summed E-state index contributed by atoms with van der Waals surface area (Å²) in [7, 11) is 0. The van der Waals surface area contributed by atoms with E-state index in [9.17, 15) is 0 Å². The Bertz CT molecular complexity index is 775. The van der Waals surface area contributed by atoms with E-state index in [1.54, 1.807) is 6.07 Å². The van der Waals surface area contributed by atoms with Gasteiger partial charge in [-0.1, -0.05) is 35.0 Å². The van der Waals surface area contributed by atoms with Crippen LogP contribution >= 0.6 is 11.6 Å². The van der Waals surface area contributed by atoms with Gasteiger partial charge in [0.2, 0.25) is 5.95 Å². The molecule has 22 heavy (non-hydrogen) atoms. The van der Waals surface area contributed by atoms with Gasteiger partial charge in [-0.25, -0.2) is 0 Å². The predicted octanol–water partition coefficient (Wildman–Crippen LogP) is 3.18. The number of aromatic nitrogens is 4. The molecule has 3 rings (SSSR count). The number of anilines is 3. The van der Waals surface area contributed by atoms with Crippen LogP contribution in [0, 0.1) is 6.92 Å². The summed E-state index contributed by atoms with van der Waals surface area (Å²) in [6.07, 6.45) is 1.50. The molecule has 3 aromatic rings. The number of benzene rings is 1. The molecule has 0 saturated heterocycles. The van der Waals surface area contributed by atoms with E-state index in [0.29, 0.717) is 34.9 Å². The summed E-state index contributed by atoms with van der Waals surface area (Å²) in [6, 6.07) is 9.34. The highest BCUT2D eigenvalue weighted by molar-refractivity contribution is 6.31. The van der Waals surface area contributed by atoms with Gasteiger partial charge >= 0.3 is 0 Å². The number of rotatable bonds is 5. The van der Waals surface area contributed by atoms with Crippen molar-refractivity contribution in [1.82, 2.24) is 20.3 Å². The molecule has 8 heteroatoms. The van der Waals surface area contributed by atoms with E-state index >= 15 is 0 Å². The average molecular weight is 317 g/mol. The maximum Gasteiger partial charge on any atom is 0.244 e. The van der Waals surface area contributed by atoms with Crippen molar-refractivity contribution in [3.63, 3.8) is 0 Å². The van der Waals surface area contributed by atoms with Crippen LogP contribution in [0.5, 0.6) is 0 Å². The Morgan fingerprint density at radius 1 is 1.23 bits per heavy atom. The number of aryl methyl sites for hydroxylation is 1. The van der Waals surface area contributed by atoms with Gasteiger partial charge in [0.1, 0.15) is 5.76 Å². The molecule has 2 aromatic heterocycles.